The van der Waals surface area contributed by atoms with Crippen molar-refractivity contribution in [1.29, 1.82) is 5.26 Å². The minimum Gasteiger partial charge on any atom is -0.349 e. The number of carbonyl (C=O) groups is 1. The van der Waals surface area contributed by atoms with Gasteiger partial charge in [-0.05, 0) is 50.8 Å². The highest BCUT2D eigenvalue weighted by molar-refractivity contribution is 6.00. The van der Waals surface area contributed by atoms with Gasteiger partial charge in [0.15, 0.2) is 5.65 Å². The fourth-order valence-electron chi connectivity index (χ4n) is 3.28. The van der Waals surface area contributed by atoms with Crippen molar-refractivity contribution in [3.05, 3.63) is 53.1 Å². The van der Waals surface area contributed by atoms with Gasteiger partial charge in [0.25, 0.3) is 5.91 Å². The van der Waals surface area contributed by atoms with Crippen LogP contribution in [0.2, 0.25) is 0 Å². The second-order valence-electron chi connectivity index (χ2n) is 6.95. The summed E-state index contributed by atoms with van der Waals surface area (Å²) in [6, 6.07) is 8.07. The first-order valence-corrected chi connectivity index (χ1v) is 8.85. The number of carbonyl (C=O) groups excluding carboxylic acids is 1. The molecule has 1 aliphatic carbocycles. The molecule has 2 heterocycles. The van der Waals surface area contributed by atoms with E-state index in [1.165, 1.54) is 18.3 Å². The molecule has 1 saturated carbocycles. The van der Waals surface area contributed by atoms with Gasteiger partial charge in [-0.2, -0.15) is 10.4 Å². The number of fused-ring (bicyclic) bond motifs is 1. The summed E-state index contributed by atoms with van der Waals surface area (Å²) in [4.78, 5) is 17.2. The molecule has 1 amide bonds. The number of halogens is 1. The number of aryl methyl sites for hydroxylation is 1. The molecule has 0 aliphatic heterocycles. The second kappa shape index (κ2) is 6.47. The van der Waals surface area contributed by atoms with Crippen LogP contribution in [0.1, 0.15) is 41.4 Å². The molecule has 27 heavy (non-hydrogen) atoms. The Morgan fingerprint density at radius 3 is 2.93 bits per heavy atom. The van der Waals surface area contributed by atoms with E-state index >= 15 is 0 Å². The van der Waals surface area contributed by atoms with Crippen LogP contribution < -0.4 is 5.32 Å². The van der Waals surface area contributed by atoms with Crippen molar-refractivity contribution >= 4 is 11.6 Å². The number of rotatable bonds is 4. The fraction of sp³-hybridized carbons (Fsp3) is 0.300. The molecule has 0 saturated heterocycles. The van der Waals surface area contributed by atoms with E-state index in [4.69, 9.17) is 0 Å². The van der Waals surface area contributed by atoms with E-state index in [1.807, 2.05) is 13.0 Å². The lowest BCUT2D eigenvalue weighted by Crippen LogP contribution is -2.34. The molecule has 0 unspecified atom stereocenters. The monoisotopic (exact) mass is 363 g/mol. The molecule has 4 rings (SSSR count). The Morgan fingerprint density at radius 2 is 2.22 bits per heavy atom. The Balaban J connectivity index is 1.81. The lowest BCUT2D eigenvalue weighted by Gasteiger charge is -2.12. The summed E-state index contributed by atoms with van der Waals surface area (Å²) < 4.78 is 16.0. The first kappa shape index (κ1) is 17.2. The first-order valence-electron chi connectivity index (χ1n) is 8.85. The van der Waals surface area contributed by atoms with Gasteiger partial charge in [0.1, 0.15) is 11.4 Å². The minimum atomic E-state index is -0.529. The summed E-state index contributed by atoms with van der Waals surface area (Å²) in [5, 5.41) is 16.6. The van der Waals surface area contributed by atoms with E-state index in [1.54, 1.807) is 23.6 Å². The summed E-state index contributed by atoms with van der Waals surface area (Å²) in [6.45, 7) is 3.79. The van der Waals surface area contributed by atoms with Crippen LogP contribution >= 0.6 is 0 Å². The minimum absolute atomic E-state index is 0.0912. The van der Waals surface area contributed by atoms with Crippen LogP contribution in [0, 0.1) is 30.0 Å². The highest BCUT2D eigenvalue weighted by atomic mass is 19.1. The predicted molar refractivity (Wildman–Crippen MR) is 97.5 cm³/mol. The molecule has 1 atom stereocenters. The van der Waals surface area contributed by atoms with Gasteiger partial charge in [-0.25, -0.2) is 13.9 Å². The highest BCUT2D eigenvalue weighted by Crippen LogP contribution is 2.32. The molecular weight excluding hydrogens is 345 g/mol. The molecular formula is C20H18FN5O. The Labute approximate surface area is 155 Å². The molecule has 0 radical (unpaired) electrons. The van der Waals surface area contributed by atoms with Gasteiger partial charge in [0.05, 0.1) is 29.1 Å². The normalized spacial score (nSPS) is 14.7. The summed E-state index contributed by atoms with van der Waals surface area (Å²) >= 11 is 0. The summed E-state index contributed by atoms with van der Waals surface area (Å²) in [5.74, 6) is -0.252. The van der Waals surface area contributed by atoms with E-state index in [0.717, 1.165) is 12.8 Å². The number of hydrogen-bond donors (Lipinski definition) is 1. The number of amides is 1. The van der Waals surface area contributed by atoms with Crippen molar-refractivity contribution in [2.45, 2.75) is 32.7 Å². The lowest BCUT2D eigenvalue weighted by molar-refractivity contribution is 0.0937. The topological polar surface area (TPSA) is 83.1 Å². The summed E-state index contributed by atoms with van der Waals surface area (Å²) in [6.07, 6.45) is 3.73. The zero-order chi connectivity index (χ0) is 19.1. The number of benzene rings is 1. The maximum atomic E-state index is 14.4. The van der Waals surface area contributed by atoms with Gasteiger partial charge < -0.3 is 5.32 Å². The van der Waals surface area contributed by atoms with Crippen LogP contribution in [-0.4, -0.2) is 26.5 Å². The number of nitriles is 1. The van der Waals surface area contributed by atoms with Crippen LogP contribution in [0.3, 0.4) is 0 Å². The first-order chi connectivity index (χ1) is 13.0. The molecule has 0 bridgehead atoms. The standard InChI is InChI=1S/C20H18FN5O/c1-11-8-17(18-14(9-22)4-3-5-16(18)21)25-19-15(10-23-26(11)19)20(27)24-12(2)13-6-7-13/h3-5,8,10,12-13H,6-7H2,1-2H3,(H,24,27)/t12-/m0/s1. The summed E-state index contributed by atoms with van der Waals surface area (Å²) in [7, 11) is 0. The van der Waals surface area contributed by atoms with E-state index in [0.29, 0.717) is 28.5 Å². The zero-order valence-corrected chi connectivity index (χ0v) is 15.0. The molecule has 7 heteroatoms. The van der Waals surface area contributed by atoms with Crippen molar-refractivity contribution in [3.63, 3.8) is 0 Å². The number of nitrogens with zero attached hydrogens (tertiary/aromatic N) is 4. The maximum absolute atomic E-state index is 14.4. The van der Waals surface area contributed by atoms with Crippen molar-refractivity contribution in [2.75, 3.05) is 0 Å². The van der Waals surface area contributed by atoms with Crippen LogP contribution in [0.4, 0.5) is 4.39 Å². The van der Waals surface area contributed by atoms with Crippen molar-refractivity contribution in [2.24, 2.45) is 5.92 Å². The van der Waals surface area contributed by atoms with E-state index < -0.39 is 5.82 Å². The molecule has 1 aromatic carbocycles. The predicted octanol–water partition coefficient (Wildman–Crippen LogP) is 3.24. The Bertz CT molecular complexity index is 1090. The van der Waals surface area contributed by atoms with Crippen LogP contribution in [0.15, 0.2) is 30.5 Å². The Hall–Kier alpha value is -3.27. The second-order valence-corrected chi connectivity index (χ2v) is 6.95. The molecule has 6 nitrogen and oxygen atoms in total. The average molecular weight is 363 g/mol. The van der Waals surface area contributed by atoms with E-state index in [-0.39, 0.29) is 23.1 Å². The van der Waals surface area contributed by atoms with Gasteiger partial charge in [-0.15, -0.1) is 0 Å². The zero-order valence-electron chi connectivity index (χ0n) is 15.0. The number of nitrogens with one attached hydrogen (secondary N) is 1. The van der Waals surface area contributed by atoms with E-state index in [9.17, 15) is 14.4 Å². The van der Waals surface area contributed by atoms with Gasteiger partial charge in [-0.3, -0.25) is 4.79 Å². The van der Waals surface area contributed by atoms with Gasteiger partial charge in [0.2, 0.25) is 0 Å². The molecule has 1 aliphatic rings. The average Bonchev–Trinajstić information content (AvgIpc) is 3.40. The molecule has 1 fully saturated rings. The largest absolute Gasteiger partial charge is 0.349 e. The lowest BCUT2D eigenvalue weighted by atomic mass is 10.0. The smallest absolute Gasteiger partial charge is 0.256 e. The van der Waals surface area contributed by atoms with E-state index in [2.05, 4.69) is 15.4 Å². The Kier molecular flexibility index (Phi) is 4.11. The van der Waals surface area contributed by atoms with Crippen LogP contribution in [-0.2, 0) is 0 Å². The van der Waals surface area contributed by atoms with Crippen molar-refractivity contribution in [3.8, 4) is 17.3 Å². The SMILES string of the molecule is Cc1cc(-c2c(F)cccc2C#N)nc2c(C(=O)N[C@@H](C)C3CC3)cnn12. The fourth-order valence-corrected chi connectivity index (χ4v) is 3.28. The van der Waals surface area contributed by atoms with Gasteiger partial charge in [0, 0.05) is 11.7 Å². The highest BCUT2D eigenvalue weighted by Gasteiger charge is 2.30. The Morgan fingerprint density at radius 1 is 1.44 bits per heavy atom. The van der Waals surface area contributed by atoms with Crippen LogP contribution in [0.5, 0.6) is 0 Å². The maximum Gasteiger partial charge on any atom is 0.256 e. The molecule has 136 valence electrons. The van der Waals surface area contributed by atoms with Gasteiger partial charge >= 0.3 is 0 Å². The van der Waals surface area contributed by atoms with Crippen molar-refractivity contribution < 1.29 is 9.18 Å². The molecule has 1 N–H and O–H groups in total. The molecule has 2 aromatic heterocycles. The third-order valence-electron chi connectivity index (χ3n) is 4.97. The van der Waals surface area contributed by atoms with Crippen LogP contribution in [0.25, 0.3) is 16.9 Å². The number of aromatic nitrogens is 3. The number of hydrogen-bond acceptors (Lipinski definition) is 4. The third kappa shape index (κ3) is 3.04. The summed E-state index contributed by atoms with van der Waals surface area (Å²) in [5.41, 5.74) is 2.00. The molecule has 3 aromatic rings. The van der Waals surface area contributed by atoms with Gasteiger partial charge in [-0.1, -0.05) is 6.07 Å². The van der Waals surface area contributed by atoms with Crippen molar-refractivity contribution in [1.82, 2.24) is 19.9 Å². The third-order valence-corrected chi connectivity index (χ3v) is 4.97. The quantitative estimate of drug-likeness (QED) is 0.771. The molecule has 0 spiro atoms.